The number of thiazole rings is 1. The summed E-state index contributed by atoms with van der Waals surface area (Å²) in [6.45, 7) is 3.12. The fraction of sp³-hybridized carbons (Fsp3) is 0.643. The summed E-state index contributed by atoms with van der Waals surface area (Å²) in [6.07, 6.45) is 3.48. The molecule has 2 fully saturated rings. The molecule has 0 radical (unpaired) electrons. The number of hydrogen-bond donors (Lipinski definition) is 1. The molecule has 114 valence electrons. The van der Waals surface area contributed by atoms with Crippen LogP contribution in [0.25, 0.3) is 0 Å². The second kappa shape index (κ2) is 5.38. The minimum Gasteiger partial charge on any atom is -0.476 e. The molecule has 2 bridgehead atoms. The third kappa shape index (κ3) is 2.55. The lowest BCUT2D eigenvalue weighted by Crippen LogP contribution is -2.36. The topological polar surface area (TPSA) is 73.7 Å². The van der Waals surface area contributed by atoms with Gasteiger partial charge in [0, 0.05) is 32.1 Å². The third-order valence-corrected chi connectivity index (χ3v) is 5.77. The highest BCUT2D eigenvalue weighted by Gasteiger charge is 2.36. The van der Waals surface area contributed by atoms with Crippen LogP contribution in [0.1, 0.15) is 46.3 Å². The molecule has 2 aliphatic heterocycles. The molecule has 0 spiro atoms. The first-order chi connectivity index (χ1) is 9.97. The molecule has 0 saturated carbocycles. The van der Waals surface area contributed by atoms with Gasteiger partial charge in [-0.05, 0) is 26.3 Å². The van der Waals surface area contributed by atoms with Crippen LogP contribution in [-0.2, 0) is 0 Å². The van der Waals surface area contributed by atoms with Crippen LogP contribution in [0.5, 0.6) is 0 Å². The molecule has 0 amide bonds. The van der Waals surface area contributed by atoms with Crippen molar-refractivity contribution in [3.05, 3.63) is 10.6 Å². The van der Waals surface area contributed by atoms with Gasteiger partial charge in [0.15, 0.2) is 16.6 Å². The molecular weight excluding hydrogens is 290 g/mol. The van der Waals surface area contributed by atoms with E-state index >= 15 is 0 Å². The summed E-state index contributed by atoms with van der Waals surface area (Å²) in [5.74, 6) is -1.36. The van der Waals surface area contributed by atoms with Crippen LogP contribution in [-0.4, -0.2) is 59.0 Å². The van der Waals surface area contributed by atoms with E-state index in [1.807, 2.05) is 0 Å². The number of rotatable bonds is 3. The first kappa shape index (κ1) is 14.5. The smallest absolute Gasteiger partial charge is 0.356 e. The predicted molar refractivity (Wildman–Crippen MR) is 80.5 cm³/mol. The standard InChI is InChI=1S/C14H19N3O3S/c1-8(18)12-11(13(19)20)15-14(21-12)17-6-5-9-3-4-10(7-17)16(9)2/h9-10H,3-7H2,1-2H3,(H,19,20). The number of nitrogens with zero attached hydrogens (tertiary/aromatic N) is 3. The summed E-state index contributed by atoms with van der Waals surface area (Å²) >= 11 is 1.21. The Morgan fingerprint density at radius 1 is 1.29 bits per heavy atom. The summed E-state index contributed by atoms with van der Waals surface area (Å²) in [6, 6.07) is 1.11. The lowest BCUT2D eigenvalue weighted by Gasteiger charge is -2.25. The number of aromatic nitrogens is 1. The van der Waals surface area contributed by atoms with Gasteiger partial charge in [0.05, 0.1) is 0 Å². The summed E-state index contributed by atoms with van der Waals surface area (Å²) in [5, 5.41) is 9.86. The molecular formula is C14H19N3O3S. The van der Waals surface area contributed by atoms with Crippen molar-refractivity contribution in [1.82, 2.24) is 9.88 Å². The van der Waals surface area contributed by atoms with Gasteiger partial charge < -0.3 is 10.0 Å². The second-order valence-corrected chi connectivity index (χ2v) is 6.80. The van der Waals surface area contributed by atoms with E-state index in [-0.39, 0.29) is 16.4 Å². The maximum Gasteiger partial charge on any atom is 0.356 e. The Bertz CT molecular complexity index is 555. The molecule has 2 aliphatic rings. The van der Waals surface area contributed by atoms with Crippen molar-refractivity contribution in [2.24, 2.45) is 0 Å². The van der Waals surface area contributed by atoms with Crippen molar-refractivity contribution in [1.29, 1.82) is 0 Å². The van der Waals surface area contributed by atoms with E-state index in [1.165, 1.54) is 31.1 Å². The number of carboxylic acid groups (broad SMARTS) is 1. The van der Waals surface area contributed by atoms with Crippen LogP contribution in [0.15, 0.2) is 0 Å². The minimum absolute atomic E-state index is 0.106. The summed E-state index contributed by atoms with van der Waals surface area (Å²) < 4.78 is 0. The van der Waals surface area contributed by atoms with E-state index in [2.05, 4.69) is 21.8 Å². The van der Waals surface area contributed by atoms with Gasteiger partial charge in [0.1, 0.15) is 4.88 Å². The molecule has 1 aromatic rings. The third-order valence-electron chi connectivity index (χ3n) is 4.56. The van der Waals surface area contributed by atoms with E-state index in [0.717, 1.165) is 19.5 Å². The van der Waals surface area contributed by atoms with Gasteiger partial charge in [-0.2, -0.15) is 0 Å². The molecule has 7 heteroatoms. The molecule has 6 nitrogen and oxygen atoms in total. The van der Waals surface area contributed by atoms with Gasteiger partial charge >= 0.3 is 5.97 Å². The van der Waals surface area contributed by atoms with E-state index < -0.39 is 5.97 Å². The average molecular weight is 309 g/mol. The first-order valence-corrected chi connectivity index (χ1v) is 8.01. The highest BCUT2D eigenvalue weighted by molar-refractivity contribution is 7.17. The number of fused-ring (bicyclic) bond motifs is 2. The van der Waals surface area contributed by atoms with Gasteiger partial charge in [-0.15, -0.1) is 0 Å². The van der Waals surface area contributed by atoms with Gasteiger partial charge in [0.25, 0.3) is 0 Å². The zero-order chi connectivity index (χ0) is 15.1. The maximum absolute atomic E-state index is 11.6. The summed E-state index contributed by atoms with van der Waals surface area (Å²) in [7, 11) is 2.16. The molecule has 2 unspecified atom stereocenters. The number of anilines is 1. The zero-order valence-electron chi connectivity index (χ0n) is 12.2. The predicted octanol–water partition coefficient (Wildman–Crippen LogP) is 1.72. The number of aromatic carboxylic acids is 1. The van der Waals surface area contributed by atoms with Gasteiger partial charge in [0.2, 0.25) is 0 Å². The highest BCUT2D eigenvalue weighted by Crippen LogP contribution is 2.33. The molecule has 0 aliphatic carbocycles. The van der Waals surface area contributed by atoms with E-state index in [0.29, 0.717) is 17.2 Å². The quantitative estimate of drug-likeness (QED) is 0.857. The molecule has 3 rings (SSSR count). The monoisotopic (exact) mass is 309 g/mol. The highest BCUT2D eigenvalue weighted by atomic mass is 32.1. The van der Waals surface area contributed by atoms with Crippen molar-refractivity contribution >= 4 is 28.2 Å². The molecule has 1 N–H and O–H groups in total. The van der Waals surface area contributed by atoms with Crippen molar-refractivity contribution in [3.8, 4) is 0 Å². The number of carbonyl (C=O) groups is 2. The average Bonchev–Trinajstić information content (AvgIpc) is 2.93. The molecule has 3 heterocycles. The lowest BCUT2D eigenvalue weighted by atomic mass is 10.1. The number of ketones is 1. The Hall–Kier alpha value is -1.47. The number of carboxylic acids is 1. The minimum atomic E-state index is -1.13. The van der Waals surface area contributed by atoms with Crippen LogP contribution < -0.4 is 4.90 Å². The maximum atomic E-state index is 11.6. The Morgan fingerprint density at radius 3 is 2.62 bits per heavy atom. The van der Waals surface area contributed by atoms with Crippen LogP contribution in [0.3, 0.4) is 0 Å². The zero-order valence-corrected chi connectivity index (χ0v) is 13.0. The summed E-state index contributed by atoms with van der Waals surface area (Å²) in [4.78, 5) is 31.9. The van der Waals surface area contributed by atoms with Crippen molar-refractivity contribution in [2.45, 2.75) is 38.3 Å². The van der Waals surface area contributed by atoms with Crippen molar-refractivity contribution < 1.29 is 14.7 Å². The Balaban J connectivity index is 1.89. The molecule has 2 atom stereocenters. The second-order valence-electron chi connectivity index (χ2n) is 5.82. The van der Waals surface area contributed by atoms with Crippen LogP contribution in [0.2, 0.25) is 0 Å². The fourth-order valence-corrected chi connectivity index (χ4v) is 4.30. The van der Waals surface area contributed by atoms with E-state index in [1.54, 1.807) is 0 Å². The largest absolute Gasteiger partial charge is 0.476 e. The fourth-order valence-electron chi connectivity index (χ4n) is 3.31. The Kier molecular flexibility index (Phi) is 3.71. The SMILES string of the molecule is CC(=O)c1sc(N2CCC3CCC(C2)N3C)nc1C(=O)O. The van der Waals surface area contributed by atoms with Crippen molar-refractivity contribution in [2.75, 3.05) is 25.0 Å². The molecule has 1 aromatic heterocycles. The van der Waals surface area contributed by atoms with Crippen molar-refractivity contribution in [3.63, 3.8) is 0 Å². The number of Topliss-reactive ketones (excluding diaryl/α,β-unsaturated/α-hetero) is 1. The van der Waals surface area contributed by atoms with Gasteiger partial charge in [-0.25, -0.2) is 9.78 Å². The first-order valence-electron chi connectivity index (χ1n) is 7.19. The van der Waals surface area contributed by atoms with Crippen LogP contribution in [0.4, 0.5) is 5.13 Å². The molecule has 2 saturated heterocycles. The lowest BCUT2D eigenvalue weighted by molar-refractivity contribution is 0.0687. The number of likely N-dealkylation sites (N-methyl/N-ethyl adjacent to an activating group) is 1. The molecule has 0 aromatic carbocycles. The van der Waals surface area contributed by atoms with Crippen LogP contribution >= 0.6 is 11.3 Å². The Labute approximate surface area is 127 Å². The number of carbonyl (C=O) groups excluding carboxylic acids is 1. The van der Waals surface area contributed by atoms with Gasteiger partial charge in [-0.1, -0.05) is 11.3 Å². The molecule has 21 heavy (non-hydrogen) atoms. The summed E-state index contributed by atoms with van der Waals surface area (Å²) in [5.41, 5.74) is -0.106. The number of hydrogen-bond acceptors (Lipinski definition) is 6. The van der Waals surface area contributed by atoms with E-state index in [4.69, 9.17) is 0 Å². The Morgan fingerprint density at radius 2 is 2.00 bits per heavy atom. The normalized spacial score (nSPS) is 25.9. The van der Waals surface area contributed by atoms with E-state index in [9.17, 15) is 14.7 Å². The van der Waals surface area contributed by atoms with Gasteiger partial charge in [-0.3, -0.25) is 9.69 Å². The van der Waals surface area contributed by atoms with Crippen LogP contribution in [0, 0.1) is 0 Å².